The second-order valence-corrected chi connectivity index (χ2v) is 5.06. The molecule has 2 aromatic rings. The molecular weight excluding hydrogens is 260 g/mol. The van der Waals surface area contributed by atoms with Crippen LogP contribution in [0.15, 0.2) is 45.7 Å². The molecule has 1 aromatic heterocycles. The summed E-state index contributed by atoms with van der Waals surface area (Å²) in [7, 11) is 0. The minimum absolute atomic E-state index is 0.103. The van der Waals surface area contributed by atoms with Crippen LogP contribution in [0.1, 0.15) is 16.8 Å². The van der Waals surface area contributed by atoms with Crippen molar-refractivity contribution >= 4 is 17.6 Å². The van der Waals surface area contributed by atoms with E-state index in [0.717, 1.165) is 16.2 Å². The van der Waals surface area contributed by atoms with Gasteiger partial charge in [0.05, 0.1) is 0 Å². The van der Waals surface area contributed by atoms with E-state index >= 15 is 0 Å². The van der Waals surface area contributed by atoms with Crippen LogP contribution in [0.3, 0.4) is 0 Å². The molecule has 2 rings (SSSR count). The minimum Gasteiger partial charge on any atom is -0.409 e. The van der Waals surface area contributed by atoms with Gasteiger partial charge < -0.3 is 10.9 Å². The van der Waals surface area contributed by atoms with Crippen LogP contribution >= 0.6 is 11.8 Å². The van der Waals surface area contributed by atoms with Gasteiger partial charge in [-0.05, 0) is 49.4 Å². The van der Waals surface area contributed by atoms with Crippen molar-refractivity contribution in [1.29, 1.82) is 0 Å². The number of aryl methyl sites for hydroxylation is 2. The quantitative estimate of drug-likeness (QED) is 0.295. The van der Waals surface area contributed by atoms with Gasteiger partial charge >= 0.3 is 0 Å². The van der Waals surface area contributed by atoms with Crippen molar-refractivity contribution in [2.45, 2.75) is 23.9 Å². The summed E-state index contributed by atoms with van der Waals surface area (Å²) in [6.45, 7) is 3.90. The lowest BCUT2D eigenvalue weighted by atomic mass is 10.1. The Morgan fingerprint density at radius 2 is 2.11 bits per heavy atom. The highest BCUT2D eigenvalue weighted by molar-refractivity contribution is 7.99. The molecule has 0 fully saturated rings. The fourth-order valence-corrected chi connectivity index (χ4v) is 2.41. The van der Waals surface area contributed by atoms with Gasteiger partial charge in [-0.25, -0.2) is 9.97 Å². The highest BCUT2D eigenvalue weighted by Crippen LogP contribution is 2.28. The molecule has 0 radical (unpaired) electrons. The topological polar surface area (TPSA) is 84.4 Å². The zero-order valence-corrected chi connectivity index (χ0v) is 11.5. The van der Waals surface area contributed by atoms with Crippen LogP contribution in [0.25, 0.3) is 0 Å². The molecule has 19 heavy (non-hydrogen) atoms. The Bertz CT molecular complexity index is 628. The summed E-state index contributed by atoms with van der Waals surface area (Å²) >= 11 is 1.49. The third-order valence-electron chi connectivity index (χ3n) is 2.55. The lowest BCUT2D eigenvalue weighted by Gasteiger charge is -2.07. The monoisotopic (exact) mass is 274 g/mol. The Morgan fingerprint density at radius 3 is 2.74 bits per heavy atom. The van der Waals surface area contributed by atoms with Crippen LogP contribution in [-0.2, 0) is 0 Å². The molecule has 0 spiro atoms. The molecule has 0 saturated carbocycles. The second kappa shape index (κ2) is 5.71. The number of aromatic nitrogens is 2. The van der Waals surface area contributed by atoms with Crippen molar-refractivity contribution in [2.24, 2.45) is 10.9 Å². The van der Waals surface area contributed by atoms with Crippen molar-refractivity contribution < 1.29 is 5.21 Å². The highest BCUT2D eigenvalue weighted by Gasteiger charge is 2.06. The van der Waals surface area contributed by atoms with Gasteiger partial charge in [0.1, 0.15) is 0 Å². The Hall–Kier alpha value is -2.08. The van der Waals surface area contributed by atoms with Crippen LogP contribution in [0, 0.1) is 13.8 Å². The second-order valence-electron chi connectivity index (χ2n) is 4.05. The first-order valence-corrected chi connectivity index (χ1v) is 6.48. The van der Waals surface area contributed by atoms with E-state index in [-0.39, 0.29) is 5.84 Å². The SMILES string of the molecule is Cc1ccnc(Sc2ccc(/C(N)=N/O)cc2C)n1. The Labute approximate surface area is 115 Å². The Balaban J connectivity index is 2.27. The lowest BCUT2D eigenvalue weighted by molar-refractivity contribution is 0.318. The maximum absolute atomic E-state index is 8.65. The van der Waals surface area contributed by atoms with Crippen molar-refractivity contribution in [3.05, 3.63) is 47.3 Å². The van der Waals surface area contributed by atoms with Gasteiger partial charge in [0, 0.05) is 22.3 Å². The molecule has 0 aliphatic carbocycles. The van der Waals surface area contributed by atoms with Crippen molar-refractivity contribution in [2.75, 3.05) is 0 Å². The van der Waals surface area contributed by atoms with E-state index in [1.54, 1.807) is 12.3 Å². The van der Waals surface area contributed by atoms with Gasteiger partial charge in [-0.15, -0.1) is 0 Å². The smallest absolute Gasteiger partial charge is 0.192 e. The summed E-state index contributed by atoms with van der Waals surface area (Å²) < 4.78 is 0. The van der Waals surface area contributed by atoms with Gasteiger partial charge in [-0.2, -0.15) is 0 Å². The van der Waals surface area contributed by atoms with Gasteiger partial charge in [-0.1, -0.05) is 11.2 Å². The number of benzene rings is 1. The first kappa shape index (κ1) is 13.4. The summed E-state index contributed by atoms with van der Waals surface area (Å²) in [6.07, 6.45) is 1.74. The molecule has 0 aliphatic heterocycles. The first-order chi connectivity index (χ1) is 9.10. The fourth-order valence-electron chi connectivity index (χ4n) is 1.55. The van der Waals surface area contributed by atoms with Crippen molar-refractivity contribution in [3.8, 4) is 0 Å². The zero-order valence-electron chi connectivity index (χ0n) is 10.7. The Kier molecular flexibility index (Phi) is 4.01. The lowest BCUT2D eigenvalue weighted by Crippen LogP contribution is -2.13. The first-order valence-electron chi connectivity index (χ1n) is 5.66. The molecule has 3 N–H and O–H groups in total. The summed E-state index contributed by atoms with van der Waals surface area (Å²) in [4.78, 5) is 9.60. The fraction of sp³-hybridized carbons (Fsp3) is 0.154. The van der Waals surface area contributed by atoms with Gasteiger partial charge in [-0.3, -0.25) is 0 Å². The van der Waals surface area contributed by atoms with E-state index in [1.807, 2.05) is 32.0 Å². The summed E-state index contributed by atoms with van der Waals surface area (Å²) in [5, 5.41) is 12.3. The van der Waals surface area contributed by atoms with E-state index in [2.05, 4.69) is 15.1 Å². The average Bonchev–Trinajstić information content (AvgIpc) is 2.40. The van der Waals surface area contributed by atoms with E-state index in [9.17, 15) is 0 Å². The molecule has 0 bridgehead atoms. The number of oxime groups is 1. The molecule has 1 heterocycles. The van der Waals surface area contributed by atoms with Crippen molar-refractivity contribution in [3.63, 3.8) is 0 Å². The zero-order chi connectivity index (χ0) is 13.8. The van der Waals surface area contributed by atoms with Crippen LogP contribution in [-0.4, -0.2) is 21.0 Å². The van der Waals surface area contributed by atoms with Crippen molar-refractivity contribution in [1.82, 2.24) is 9.97 Å². The molecule has 0 aliphatic rings. The minimum atomic E-state index is 0.103. The van der Waals surface area contributed by atoms with E-state index in [1.165, 1.54) is 11.8 Å². The highest BCUT2D eigenvalue weighted by atomic mass is 32.2. The normalized spacial score (nSPS) is 11.6. The van der Waals surface area contributed by atoms with Gasteiger partial charge in [0.2, 0.25) is 0 Å². The van der Waals surface area contributed by atoms with Crippen LogP contribution in [0.4, 0.5) is 0 Å². The molecule has 98 valence electrons. The van der Waals surface area contributed by atoms with Gasteiger partial charge in [0.25, 0.3) is 0 Å². The van der Waals surface area contributed by atoms with Crippen LogP contribution < -0.4 is 5.73 Å². The van der Waals surface area contributed by atoms with E-state index in [4.69, 9.17) is 10.9 Å². The van der Waals surface area contributed by atoms with E-state index in [0.29, 0.717) is 10.7 Å². The molecule has 6 heteroatoms. The predicted molar refractivity (Wildman–Crippen MR) is 74.6 cm³/mol. The molecule has 5 nitrogen and oxygen atoms in total. The third-order valence-corrected chi connectivity index (χ3v) is 3.61. The predicted octanol–water partition coefficient (Wildman–Crippen LogP) is 2.34. The molecule has 0 saturated heterocycles. The number of nitrogens with zero attached hydrogens (tertiary/aromatic N) is 3. The molecule has 0 atom stereocenters. The molecular formula is C13H14N4OS. The van der Waals surface area contributed by atoms with Gasteiger partial charge in [0.15, 0.2) is 11.0 Å². The number of hydrogen-bond donors (Lipinski definition) is 2. The van der Waals surface area contributed by atoms with Crippen LogP contribution in [0.2, 0.25) is 0 Å². The molecule has 0 amide bonds. The molecule has 1 aromatic carbocycles. The summed E-state index contributed by atoms with van der Waals surface area (Å²) in [6, 6.07) is 7.45. The largest absolute Gasteiger partial charge is 0.409 e. The molecule has 0 unspecified atom stereocenters. The number of amidine groups is 1. The standard InChI is InChI=1S/C13H14N4OS/c1-8-7-10(12(14)17-18)3-4-11(8)19-13-15-6-5-9(2)16-13/h3-7,18H,1-2H3,(H2,14,17). The Morgan fingerprint density at radius 1 is 1.32 bits per heavy atom. The maximum atomic E-state index is 8.65. The average molecular weight is 274 g/mol. The number of rotatable bonds is 3. The summed E-state index contributed by atoms with van der Waals surface area (Å²) in [5.74, 6) is 0.103. The number of nitrogens with two attached hydrogens (primary N) is 1. The third kappa shape index (κ3) is 3.23. The number of hydrogen-bond acceptors (Lipinski definition) is 5. The maximum Gasteiger partial charge on any atom is 0.192 e. The van der Waals surface area contributed by atoms with Crippen LogP contribution in [0.5, 0.6) is 0 Å². The summed E-state index contributed by atoms with van der Waals surface area (Å²) in [5.41, 5.74) is 8.20. The van der Waals surface area contributed by atoms with E-state index < -0.39 is 0 Å².